The molecule has 0 saturated heterocycles. The van der Waals surface area contributed by atoms with Crippen LogP contribution in [0.2, 0.25) is 0 Å². The summed E-state index contributed by atoms with van der Waals surface area (Å²) in [7, 11) is 3.25. The fraction of sp³-hybridized carbons (Fsp3) is 1.00. The molecule has 0 bridgehead atoms. The molecule has 0 heterocycles. The summed E-state index contributed by atoms with van der Waals surface area (Å²) in [5.41, 5.74) is 0. The standard InChI is InChI=1S/C2H6O.3C2H6.2CH4/c1-3-2;3*1-2;;/h1-2H3;3*1-2H3;2*1H4. The first kappa shape index (κ1) is 44.2. The minimum absolute atomic E-state index is 0. The van der Waals surface area contributed by atoms with Gasteiger partial charge in [0.25, 0.3) is 0 Å². The molecule has 11 heavy (non-hydrogen) atoms. The number of rotatable bonds is 0. The zero-order chi connectivity index (χ0) is 8.71. The summed E-state index contributed by atoms with van der Waals surface area (Å²) in [6, 6.07) is 0. The number of ether oxygens (including phenoxy) is 1. The first-order valence-corrected chi connectivity index (χ1v) is 3.82. The number of hydrogen-bond acceptors (Lipinski definition) is 1. The Kier molecular flexibility index (Phi) is 3490. The van der Waals surface area contributed by atoms with E-state index in [1.54, 1.807) is 14.2 Å². The molecule has 78 valence electrons. The molecule has 1 heteroatoms. The van der Waals surface area contributed by atoms with Crippen LogP contribution >= 0.6 is 0 Å². The van der Waals surface area contributed by atoms with Crippen molar-refractivity contribution in [3.8, 4) is 0 Å². The molecule has 0 aliphatic heterocycles. The summed E-state index contributed by atoms with van der Waals surface area (Å²) in [6.07, 6.45) is 0. The van der Waals surface area contributed by atoms with Crippen molar-refractivity contribution in [2.24, 2.45) is 0 Å². The molecule has 0 aliphatic carbocycles. The molecule has 0 aliphatic rings. The van der Waals surface area contributed by atoms with E-state index in [9.17, 15) is 0 Å². The summed E-state index contributed by atoms with van der Waals surface area (Å²) < 4.78 is 4.25. The third-order valence-electron chi connectivity index (χ3n) is 0. The Morgan fingerprint density at radius 2 is 0.545 bits per heavy atom. The van der Waals surface area contributed by atoms with Crippen molar-refractivity contribution in [1.82, 2.24) is 0 Å². The van der Waals surface area contributed by atoms with Crippen LogP contribution in [-0.4, -0.2) is 14.2 Å². The largest absolute Gasteiger partial charge is 0.388 e. The Morgan fingerprint density at radius 1 is 0.545 bits per heavy atom. The van der Waals surface area contributed by atoms with Crippen LogP contribution in [-0.2, 0) is 4.74 Å². The van der Waals surface area contributed by atoms with E-state index >= 15 is 0 Å². The molecule has 0 fully saturated rings. The van der Waals surface area contributed by atoms with Crippen LogP contribution in [0.4, 0.5) is 0 Å². The van der Waals surface area contributed by atoms with Gasteiger partial charge < -0.3 is 4.74 Å². The summed E-state index contributed by atoms with van der Waals surface area (Å²) in [5.74, 6) is 0. The molecule has 0 amide bonds. The molecular formula is C10H32O. The molecule has 0 aromatic rings. The highest BCUT2D eigenvalue weighted by Crippen LogP contribution is 1.28. The van der Waals surface area contributed by atoms with Crippen molar-refractivity contribution in [3.05, 3.63) is 0 Å². The summed E-state index contributed by atoms with van der Waals surface area (Å²) in [4.78, 5) is 0. The zero-order valence-corrected chi connectivity index (χ0v) is 8.41. The maximum Gasteiger partial charge on any atom is 0.0351 e. The Labute approximate surface area is 76.2 Å². The highest BCUT2D eigenvalue weighted by Gasteiger charge is 1.25. The van der Waals surface area contributed by atoms with Gasteiger partial charge in [-0.1, -0.05) is 56.4 Å². The van der Waals surface area contributed by atoms with Crippen LogP contribution in [0.1, 0.15) is 56.4 Å². The summed E-state index contributed by atoms with van der Waals surface area (Å²) in [5, 5.41) is 0. The van der Waals surface area contributed by atoms with E-state index in [1.165, 1.54) is 0 Å². The zero-order valence-electron chi connectivity index (χ0n) is 8.41. The monoisotopic (exact) mass is 168 g/mol. The molecule has 0 aromatic carbocycles. The lowest BCUT2D eigenvalue weighted by atomic mass is 11.0. The van der Waals surface area contributed by atoms with Gasteiger partial charge in [-0.3, -0.25) is 0 Å². The van der Waals surface area contributed by atoms with Gasteiger partial charge in [0, 0.05) is 14.2 Å². The first-order valence-electron chi connectivity index (χ1n) is 3.82. The van der Waals surface area contributed by atoms with Gasteiger partial charge in [0.1, 0.15) is 0 Å². The number of hydrogen-bond donors (Lipinski definition) is 0. The lowest BCUT2D eigenvalue weighted by molar-refractivity contribution is 0.277. The van der Waals surface area contributed by atoms with Crippen molar-refractivity contribution in [1.29, 1.82) is 0 Å². The van der Waals surface area contributed by atoms with Crippen LogP contribution in [0.25, 0.3) is 0 Å². The van der Waals surface area contributed by atoms with Crippen molar-refractivity contribution in [2.75, 3.05) is 14.2 Å². The molecule has 0 spiro atoms. The highest BCUT2D eigenvalue weighted by molar-refractivity contribution is 3.56. The van der Waals surface area contributed by atoms with Crippen molar-refractivity contribution in [2.45, 2.75) is 56.4 Å². The molecule has 0 N–H and O–H groups in total. The molecule has 0 unspecified atom stereocenters. The summed E-state index contributed by atoms with van der Waals surface area (Å²) >= 11 is 0. The Hall–Kier alpha value is -0.0400. The fourth-order valence-corrected chi connectivity index (χ4v) is 0. The molecule has 0 saturated carbocycles. The van der Waals surface area contributed by atoms with Crippen LogP contribution in [0, 0.1) is 0 Å². The summed E-state index contributed by atoms with van der Waals surface area (Å²) in [6.45, 7) is 12.0. The molecule has 0 radical (unpaired) electrons. The van der Waals surface area contributed by atoms with E-state index in [1.807, 2.05) is 41.5 Å². The van der Waals surface area contributed by atoms with Crippen LogP contribution in [0.15, 0.2) is 0 Å². The lowest BCUT2D eigenvalue weighted by Gasteiger charge is -1.61. The Morgan fingerprint density at radius 3 is 0.545 bits per heavy atom. The smallest absolute Gasteiger partial charge is 0.0351 e. The normalized spacial score (nSPS) is 3.27. The van der Waals surface area contributed by atoms with Gasteiger partial charge in [0.2, 0.25) is 0 Å². The van der Waals surface area contributed by atoms with Gasteiger partial charge in [0.15, 0.2) is 0 Å². The SMILES string of the molecule is C.C.CC.CC.CC.COC. The number of methoxy groups -OCH3 is 1. The molecule has 0 atom stereocenters. The minimum Gasteiger partial charge on any atom is -0.388 e. The van der Waals surface area contributed by atoms with Crippen LogP contribution in [0.3, 0.4) is 0 Å². The predicted octanol–water partition coefficient (Wildman–Crippen LogP) is 4.61. The lowest BCUT2D eigenvalue weighted by Crippen LogP contribution is -1.55. The van der Waals surface area contributed by atoms with Crippen molar-refractivity contribution >= 4 is 0 Å². The average Bonchev–Trinajstić information content (AvgIpc) is 2.01. The van der Waals surface area contributed by atoms with Gasteiger partial charge >= 0.3 is 0 Å². The van der Waals surface area contributed by atoms with E-state index in [0.717, 1.165) is 0 Å². The van der Waals surface area contributed by atoms with E-state index in [2.05, 4.69) is 4.74 Å². The van der Waals surface area contributed by atoms with Crippen LogP contribution in [0.5, 0.6) is 0 Å². The maximum absolute atomic E-state index is 4.25. The Balaban J connectivity index is -0.00000000729. The molecular weight excluding hydrogens is 136 g/mol. The fourth-order valence-electron chi connectivity index (χ4n) is 0. The average molecular weight is 168 g/mol. The van der Waals surface area contributed by atoms with E-state index in [4.69, 9.17) is 0 Å². The van der Waals surface area contributed by atoms with Gasteiger partial charge in [-0.2, -0.15) is 0 Å². The second-order valence-electron chi connectivity index (χ2n) is 0.408. The van der Waals surface area contributed by atoms with Crippen molar-refractivity contribution in [3.63, 3.8) is 0 Å². The maximum atomic E-state index is 4.25. The highest BCUT2D eigenvalue weighted by atomic mass is 16.4. The van der Waals surface area contributed by atoms with E-state index in [0.29, 0.717) is 0 Å². The third-order valence-corrected chi connectivity index (χ3v) is 0. The van der Waals surface area contributed by atoms with Crippen molar-refractivity contribution < 1.29 is 4.74 Å². The second kappa shape index (κ2) is 868. The van der Waals surface area contributed by atoms with E-state index in [-0.39, 0.29) is 14.9 Å². The predicted molar refractivity (Wildman–Crippen MR) is 60.4 cm³/mol. The Bertz CT molecular complexity index is 4.83. The van der Waals surface area contributed by atoms with Gasteiger partial charge in [0.05, 0.1) is 0 Å². The topological polar surface area (TPSA) is 9.23 Å². The third kappa shape index (κ3) is 394000. The van der Waals surface area contributed by atoms with E-state index < -0.39 is 0 Å². The van der Waals surface area contributed by atoms with Gasteiger partial charge in [-0.05, 0) is 0 Å². The second-order valence-corrected chi connectivity index (χ2v) is 0.408. The minimum atomic E-state index is 0. The molecule has 0 rings (SSSR count). The quantitative estimate of drug-likeness (QED) is 0.513. The van der Waals surface area contributed by atoms with Gasteiger partial charge in [-0.25, -0.2) is 0 Å². The van der Waals surface area contributed by atoms with Crippen LogP contribution < -0.4 is 0 Å². The molecule has 1 nitrogen and oxygen atoms in total. The first-order chi connectivity index (χ1) is 4.41. The molecule has 0 aromatic heterocycles. The van der Waals surface area contributed by atoms with Gasteiger partial charge in [-0.15, -0.1) is 0 Å².